The molecule has 1 aromatic carbocycles. The summed E-state index contributed by atoms with van der Waals surface area (Å²) >= 11 is 0. The van der Waals surface area contributed by atoms with Gasteiger partial charge in [0.25, 0.3) is 0 Å². The maximum Gasteiger partial charge on any atom is 0.127 e. The summed E-state index contributed by atoms with van der Waals surface area (Å²) in [5.41, 5.74) is 2.46. The molecule has 2 aliphatic heterocycles. The molecule has 1 saturated heterocycles. The van der Waals surface area contributed by atoms with Crippen LogP contribution in [0, 0.1) is 0 Å². The van der Waals surface area contributed by atoms with Crippen molar-refractivity contribution in [3.8, 4) is 5.75 Å². The fourth-order valence-electron chi connectivity index (χ4n) is 3.61. The third kappa shape index (κ3) is 2.45. The first-order chi connectivity index (χ1) is 9.74. The van der Waals surface area contributed by atoms with E-state index < -0.39 is 0 Å². The summed E-state index contributed by atoms with van der Waals surface area (Å²) in [6.07, 6.45) is 5.76. The van der Waals surface area contributed by atoms with Gasteiger partial charge in [-0.15, -0.1) is 0 Å². The first kappa shape index (κ1) is 13.9. The van der Waals surface area contributed by atoms with E-state index >= 15 is 0 Å². The molecule has 20 heavy (non-hydrogen) atoms. The number of likely N-dealkylation sites (N-methyl/N-ethyl adjacent to an activating group) is 1. The molecular formula is C17H25NO2. The van der Waals surface area contributed by atoms with Crippen molar-refractivity contribution >= 4 is 0 Å². The first-order valence-corrected chi connectivity index (χ1v) is 7.80. The van der Waals surface area contributed by atoms with Crippen LogP contribution in [0.15, 0.2) is 18.2 Å². The van der Waals surface area contributed by atoms with Gasteiger partial charge in [-0.3, -0.25) is 0 Å². The van der Waals surface area contributed by atoms with E-state index in [0.29, 0.717) is 0 Å². The van der Waals surface area contributed by atoms with Gasteiger partial charge in [-0.25, -0.2) is 0 Å². The first-order valence-electron chi connectivity index (χ1n) is 7.80. The molecule has 2 unspecified atom stereocenters. The molecule has 0 radical (unpaired) electrons. The van der Waals surface area contributed by atoms with Gasteiger partial charge in [-0.2, -0.15) is 0 Å². The third-order valence-electron chi connectivity index (χ3n) is 4.67. The van der Waals surface area contributed by atoms with Crippen LogP contribution in [0.2, 0.25) is 0 Å². The SMILES string of the molecule is CNC(c1cccc2c1OCCC2)C1(C)CCCCO1. The van der Waals surface area contributed by atoms with Crippen LogP contribution in [-0.4, -0.2) is 25.9 Å². The number of para-hydroxylation sites is 1. The van der Waals surface area contributed by atoms with Crippen LogP contribution >= 0.6 is 0 Å². The smallest absolute Gasteiger partial charge is 0.127 e. The van der Waals surface area contributed by atoms with Crippen molar-refractivity contribution in [3.63, 3.8) is 0 Å². The minimum Gasteiger partial charge on any atom is -0.493 e. The Kier molecular flexibility index (Phi) is 3.99. The molecule has 0 amide bonds. The number of ether oxygens (including phenoxy) is 2. The van der Waals surface area contributed by atoms with Gasteiger partial charge < -0.3 is 14.8 Å². The lowest BCUT2D eigenvalue weighted by Gasteiger charge is -2.41. The average Bonchev–Trinajstić information content (AvgIpc) is 2.49. The fourth-order valence-corrected chi connectivity index (χ4v) is 3.61. The van der Waals surface area contributed by atoms with Gasteiger partial charge >= 0.3 is 0 Å². The molecule has 0 bridgehead atoms. The molecule has 3 heteroatoms. The van der Waals surface area contributed by atoms with Crippen LogP contribution in [0.4, 0.5) is 0 Å². The van der Waals surface area contributed by atoms with Crippen LogP contribution in [0.1, 0.15) is 49.8 Å². The largest absolute Gasteiger partial charge is 0.493 e. The molecule has 2 aliphatic rings. The maximum absolute atomic E-state index is 6.15. The Hall–Kier alpha value is -1.06. The number of hydrogen-bond acceptors (Lipinski definition) is 3. The van der Waals surface area contributed by atoms with Gasteiger partial charge in [-0.05, 0) is 51.6 Å². The van der Waals surface area contributed by atoms with Crippen LogP contribution in [0.25, 0.3) is 0 Å². The zero-order valence-corrected chi connectivity index (χ0v) is 12.6. The molecule has 0 saturated carbocycles. The zero-order valence-electron chi connectivity index (χ0n) is 12.6. The van der Waals surface area contributed by atoms with E-state index in [1.54, 1.807) is 0 Å². The molecule has 110 valence electrons. The Morgan fingerprint density at radius 3 is 2.85 bits per heavy atom. The molecule has 3 rings (SSSR count). The van der Waals surface area contributed by atoms with Crippen LogP contribution in [-0.2, 0) is 11.2 Å². The van der Waals surface area contributed by atoms with E-state index in [9.17, 15) is 0 Å². The molecule has 1 aromatic rings. The lowest BCUT2D eigenvalue weighted by Crippen LogP contribution is -2.45. The van der Waals surface area contributed by atoms with Crippen molar-refractivity contribution in [1.82, 2.24) is 5.32 Å². The lowest BCUT2D eigenvalue weighted by molar-refractivity contribution is -0.0889. The summed E-state index contributed by atoms with van der Waals surface area (Å²) < 4.78 is 12.1. The van der Waals surface area contributed by atoms with E-state index in [4.69, 9.17) is 9.47 Å². The van der Waals surface area contributed by atoms with Crippen molar-refractivity contribution in [2.75, 3.05) is 20.3 Å². The third-order valence-corrected chi connectivity index (χ3v) is 4.67. The van der Waals surface area contributed by atoms with Crippen LogP contribution in [0.5, 0.6) is 5.75 Å². The van der Waals surface area contributed by atoms with Gasteiger partial charge in [0.15, 0.2) is 0 Å². The summed E-state index contributed by atoms with van der Waals surface area (Å²) in [4.78, 5) is 0. The Morgan fingerprint density at radius 1 is 1.20 bits per heavy atom. The molecule has 3 nitrogen and oxygen atoms in total. The van der Waals surface area contributed by atoms with E-state index in [1.807, 2.05) is 7.05 Å². The maximum atomic E-state index is 6.15. The minimum atomic E-state index is -0.136. The normalized spacial score (nSPS) is 27.5. The second kappa shape index (κ2) is 5.74. The van der Waals surface area contributed by atoms with E-state index in [1.165, 1.54) is 24.0 Å². The van der Waals surface area contributed by atoms with Crippen molar-refractivity contribution in [1.29, 1.82) is 0 Å². The highest BCUT2D eigenvalue weighted by atomic mass is 16.5. The predicted molar refractivity (Wildman–Crippen MR) is 80.3 cm³/mol. The number of nitrogens with one attached hydrogen (secondary N) is 1. The summed E-state index contributed by atoms with van der Waals surface area (Å²) in [7, 11) is 2.02. The second-order valence-corrected chi connectivity index (χ2v) is 6.13. The van der Waals surface area contributed by atoms with Gasteiger partial charge in [0, 0.05) is 12.2 Å². The highest BCUT2D eigenvalue weighted by Gasteiger charge is 2.38. The summed E-state index contributed by atoms with van der Waals surface area (Å²) in [6.45, 7) is 3.93. The molecule has 2 atom stereocenters. The quantitative estimate of drug-likeness (QED) is 0.918. The number of aryl methyl sites for hydroxylation is 1. The number of hydrogen-bond donors (Lipinski definition) is 1. The van der Waals surface area contributed by atoms with Crippen molar-refractivity contribution in [3.05, 3.63) is 29.3 Å². The monoisotopic (exact) mass is 275 g/mol. The Labute approximate surface area is 121 Å². The summed E-state index contributed by atoms with van der Waals surface area (Å²) in [5.74, 6) is 1.09. The minimum absolute atomic E-state index is 0.136. The number of rotatable bonds is 3. The van der Waals surface area contributed by atoms with Gasteiger partial charge in [0.05, 0.1) is 18.2 Å². The van der Waals surface area contributed by atoms with E-state index in [2.05, 4.69) is 30.4 Å². The van der Waals surface area contributed by atoms with Gasteiger partial charge in [0.1, 0.15) is 5.75 Å². The zero-order chi connectivity index (χ0) is 14.0. The molecule has 2 heterocycles. The molecule has 1 N–H and O–H groups in total. The van der Waals surface area contributed by atoms with Crippen molar-refractivity contribution in [2.24, 2.45) is 0 Å². The van der Waals surface area contributed by atoms with Gasteiger partial charge in [0.2, 0.25) is 0 Å². The predicted octanol–water partition coefficient (Wildman–Crippen LogP) is 3.23. The number of fused-ring (bicyclic) bond motifs is 1. The molecule has 1 fully saturated rings. The lowest BCUT2D eigenvalue weighted by atomic mass is 9.83. The Balaban J connectivity index is 1.97. The summed E-state index contributed by atoms with van der Waals surface area (Å²) in [6, 6.07) is 6.72. The van der Waals surface area contributed by atoms with Crippen molar-refractivity contribution < 1.29 is 9.47 Å². The van der Waals surface area contributed by atoms with E-state index in [0.717, 1.165) is 38.2 Å². The average molecular weight is 275 g/mol. The molecule has 0 aromatic heterocycles. The van der Waals surface area contributed by atoms with Crippen LogP contribution < -0.4 is 10.1 Å². The summed E-state index contributed by atoms with van der Waals surface area (Å²) in [5, 5.41) is 3.47. The molecule has 0 aliphatic carbocycles. The second-order valence-electron chi connectivity index (χ2n) is 6.13. The van der Waals surface area contributed by atoms with Crippen molar-refractivity contribution in [2.45, 2.75) is 50.7 Å². The molecular weight excluding hydrogens is 250 g/mol. The Morgan fingerprint density at radius 2 is 2.10 bits per heavy atom. The van der Waals surface area contributed by atoms with Crippen LogP contribution in [0.3, 0.4) is 0 Å². The molecule has 0 spiro atoms. The highest BCUT2D eigenvalue weighted by molar-refractivity contribution is 5.45. The fraction of sp³-hybridized carbons (Fsp3) is 0.647. The van der Waals surface area contributed by atoms with E-state index in [-0.39, 0.29) is 11.6 Å². The standard InChI is InChI=1S/C17H25NO2/c1-17(10-3-4-12-20-17)16(18-2)14-9-5-7-13-8-6-11-19-15(13)14/h5,7,9,16,18H,3-4,6,8,10-12H2,1-2H3. The highest BCUT2D eigenvalue weighted by Crippen LogP contribution is 2.41. The van der Waals surface area contributed by atoms with Gasteiger partial charge in [-0.1, -0.05) is 18.2 Å². The topological polar surface area (TPSA) is 30.5 Å². The Bertz CT molecular complexity index is 466. The number of benzene rings is 1.